The van der Waals surface area contributed by atoms with Crippen LogP contribution in [0.3, 0.4) is 0 Å². The molecule has 1 aliphatic rings. The van der Waals surface area contributed by atoms with Crippen LogP contribution in [-0.2, 0) is 15.4 Å². The number of aromatic nitrogens is 1. The molecule has 1 fully saturated rings. The highest BCUT2D eigenvalue weighted by Crippen LogP contribution is 2.30. The van der Waals surface area contributed by atoms with Gasteiger partial charge >= 0.3 is 0 Å². The fourth-order valence-electron chi connectivity index (χ4n) is 3.15. The molecule has 1 aromatic carbocycles. The minimum Gasteiger partial charge on any atom is -0.338 e. The Morgan fingerprint density at radius 1 is 1.18 bits per heavy atom. The van der Waals surface area contributed by atoms with E-state index >= 15 is 0 Å². The van der Waals surface area contributed by atoms with E-state index in [0.29, 0.717) is 30.8 Å². The van der Waals surface area contributed by atoms with Gasteiger partial charge in [-0.05, 0) is 31.9 Å². The Morgan fingerprint density at radius 3 is 2.32 bits per heavy atom. The molecular formula is C20H27N3O3S2. The Kier molecular flexibility index (Phi) is 5.93. The van der Waals surface area contributed by atoms with Crippen LogP contribution in [0.15, 0.2) is 35.2 Å². The molecule has 1 amide bonds. The minimum absolute atomic E-state index is 0.00475. The molecule has 3 rings (SSSR count). The minimum atomic E-state index is -3.53. The number of carbonyl (C=O) groups is 1. The quantitative estimate of drug-likeness (QED) is 0.821. The van der Waals surface area contributed by atoms with Gasteiger partial charge in [-0.2, -0.15) is 0 Å². The molecule has 1 aliphatic heterocycles. The van der Waals surface area contributed by atoms with Crippen molar-refractivity contribution in [2.75, 3.05) is 13.1 Å². The molecule has 1 aromatic heterocycles. The predicted molar refractivity (Wildman–Crippen MR) is 111 cm³/mol. The summed E-state index contributed by atoms with van der Waals surface area (Å²) in [6, 6.07) is 8.20. The average molecular weight is 422 g/mol. The normalized spacial score (nSPS) is 16.4. The van der Waals surface area contributed by atoms with Gasteiger partial charge in [0, 0.05) is 24.5 Å². The fourth-order valence-corrected chi connectivity index (χ4v) is 5.56. The van der Waals surface area contributed by atoms with Gasteiger partial charge in [0.15, 0.2) is 0 Å². The summed E-state index contributed by atoms with van der Waals surface area (Å²) >= 11 is 1.46. The molecule has 1 N–H and O–H groups in total. The number of hydrogen-bond donors (Lipinski definition) is 1. The number of aryl methyl sites for hydroxylation is 1. The Balaban J connectivity index is 1.63. The average Bonchev–Trinajstić information content (AvgIpc) is 3.04. The van der Waals surface area contributed by atoms with E-state index in [0.717, 1.165) is 10.7 Å². The van der Waals surface area contributed by atoms with Gasteiger partial charge in [-0.1, -0.05) is 39.0 Å². The standard InChI is InChI=1S/C20H27N3O3S2/c1-14-17(27-19(21-14)20(2,3)4)18(24)23-12-10-15(11-13-23)22-28(25,26)16-8-6-5-7-9-16/h5-9,15,22H,10-13H2,1-4H3. The van der Waals surface area contributed by atoms with Crippen LogP contribution >= 0.6 is 11.3 Å². The molecule has 0 unspecified atom stereocenters. The lowest BCUT2D eigenvalue weighted by molar-refractivity contribution is 0.0715. The van der Waals surface area contributed by atoms with Gasteiger partial charge in [-0.3, -0.25) is 4.79 Å². The summed E-state index contributed by atoms with van der Waals surface area (Å²) in [4.78, 5) is 20.3. The molecule has 152 valence electrons. The second-order valence-electron chi connectivity index (χ2n) is 8.18. The number of rotatable bonds is 4. The second kappa shape index (κ2) is 7.93. The number of sulfonamides is 1. The van der Waals surface area contributed by atoms with Crippen LogP contribution in [0.2, 0.25) is 0 Å². The number of thiazole rings is 1. The molecular weight excluding hydrogens is 394 g/mol. The van der Waals surface area contributed by atoms with Gasteiger partial charge in [0.25, 0.3) is 5.91 Å². The number of benzene rings is 1. The number of likely N-dealkylation sites (tertiary alicyclic amines) is 1. The number of hydrogen-bond acceptors (Lipinski definition) is 5. The van der Waals surface area contributed by atoms with E-state index in [4.69, 9.17) is 0 Å². The van der Waals surface area contributed by atoms with Crippen molar-refractivity contribution in [1.82, 2.24) is 14.6 Å². The molecule has 0 spiro atoms. The molecule has 0 saturated carbocycles. The second-order valence-corrected chi connectivity index (χ2v) is 10.9. The lowest BCUT2D eigenvalue weighted by Gasteiger charge is -2.32. The molecule has 0 radical (unpaired) electrons. The fraction of sp³-hybridized carbons (Fsp3) is 0.500. The summed E-state index contributed by atoms with van der Waals surface area (Å²) in [5.74, 6) is -0.00475. The molecule has 8 heteroatoms. The molecule has 6 nitrogen and oxygen atoms in total. The van der Waals surface area contributed by atoms with Crippen molar-refractivity contribution in [3.05, 3.63) is 45.9 Å². The van der Waals surface area contributed by atoms with E-state index in [1.165, 1.54) is 11.3 Å². The summed E-state index contributed by atoms with van der Waals surface area (Å²) < 4.78 is 27.7. The van der Waals surface area contributed by atoms with E-state index in [1.54, 1.807) is 35.2 Å². The molecule has 1 saturated heterocycles. The number of nitrogens with zero attached hydrogens (tertiary/aromatic N) is 2. The van der Waals surface area contributed by atoms with Crippen molar-refractivity contribution >= 4 is 27.3 Å². The van der Waals surface area contributed by atoms with Gasteiger partial charge in [-0.25, -0.2) is 18.1 Å². The zero-order chi connectivity index (χ0) is 20.5. The van der Waals surface area contributed by atoms with E-state index in [2.05, 4.69) is 30.5 Å². The number of carbonyl (C=O) groups excluding carboxylic acids is 1. The van der Waals surface area contributed by atoms with Gasteiger partial charge in [0.1, 0.15) is 4.88 Å². The third kappa shape index (κ3) is 4.61. The van der Waals surface area contributed by atoms with E-state index < -0.39 is 10.0 Å². The van der Waals surface area contributed by atoms with E-state index in [1.807, 2.05) is 6.92 Å². The molecule has 28 heavy (non-hydrogen) atoms. The van der Waals surface area contributed by atoms with Gasteiger partial charge in [0.05, 0.1) is 15.6 Å². The van der Waals surface area contributed by atoms with Crippen LogP contribution in [0.25, 0.3) is 0 Å². The van der Waals surface area contributed by atoms with E-state index in [9.17, 15) is 13.2 Å². The van der Waals surface area contributed by atoms with Gasteiger partial charge < -0.3 is 4.90 Å². The molecule has 2 heterocycles. The van der Waals surface area contributed by atoms with Crippen molar-refractivity contribution in [2.24, 2.45) is 0 Å². The smallest absolute Gasteiger partial charge is 0.265 e. The highest BCUT2D eigenvalue weighted by Gasteiger charge is 2.30. The maximum Gasteiger partial charge on any atom is 0.265 e. The largest absolute Gasteiger partial charge is 0.338 e. The van der Waals surface area contributed by atoms with Crippen LogP contribution in [0.4, 0.5) is 0 Å². The van der Waals surface area contributed by atoms with Crippen molar-refractivity contribution in [3.63, 3.8) is 0 Å². The van der Waals surface area contributed by atoms with Crippen molar-refractivity contribution < 1.29 is 13.2 Å². The topological polar surface area (TPSA) is 79.4 Å². The summed E-state index contributed by atoms with van der Waals surface area (Å²) in [6.45, 7) is 9.20. The van der Waals surface area contributed by atoms with Gasteiger partial charge in [-0.15, -0.1) is 11.3 Å². The Bertz CT molecular complexity index is 939. The Hall–Kier alpha value is -1.77. The first-order valence-corrected chi connectivity index (χ1v) is 11.7. The summed E-state index contributed by atoms with van der Waals surface area (Å²) in [7, 11) is -3.53. The van der Waals surface area contributed by atoms with Crippen molar-refractivity contribution in [3.8, 4) is 0 Å². The maximum absolute atomic E-state index is 12.9. The monoisotopic (exact) mass is 421 g/mol. The number of nitrogens with one attached hydrogen (secondary N) is 1. The van der Waals surface area contributed by atoms with Crippen LogP contribution in [0.1, 0.15) is 54.0 Å². The first-order valence-electron chi connectivity index (χ1n) is 9.42. The SMILES string of the molecule is Cc1nc(C(C)(C)C)sc1C(=O)N1CCC(NS(=O)(=O)c2ccccc2)CC1. The van der Waals surface area contributed by atoms with E-state index in [-0.39, 0.29) is 22.3 Å². The highest BCUT2D eigenvalue weighted by atomic mass is 32.2. The van der Waals surface area contributed by atoms with Crippen LogP contribution < -0.4 is 4.72 Å². The summed E-state index contributed by atoms with van der Waals surface area (Å²) in [6.07, 6.45) is 1.20. The first-order chi connectivity index (χ1) is 13.1. The third-order valence-corrected chi connectivity index (χ3v) is 7.90. The van der Waals surface area contributed by atoms with Gasteiger partial charge in [0.2, 0.25) is 10.0 Å². The molecule has 0 aliphatic carbocycles. The highest BCUT2D eigenvalue weighted by molar-refractivity contribution is 7.89. The lowest BCUT2D eigenvalue weighted by Crippen LogP contribution is -2.46. The van der Waals surface area contributed by atoms with Crippen LogP contribution in [0, 0.1) is 6.92 Å². The third-order valence-electron chi connectivity index (χ3n) is 4.79. The number of amides is 1. The maximum atomic E-state index is 12.9. The molecule has 2 aromatic rings. The Labute approximate surface area is 171 Å². The molecule has 0 bridgehead atoms. The van der Waals surface area contributed by atoms with Crippen molar-refractivity contribution in [2.45, 2.75) is 56.9 Å². The first kappa shape index (κ1) is 21.0. The zero-order valence-electron chi connectivity index (χ0n) is 16.7. The lowest BCUT2D eigenvalue weighted by atomic mass is 9.98. The predicted octanol–water partition coefficient (Wildman–Crippen LogP) is 3.33. The zero-order valence-corrected chi connectivity index (χ0v) is 18.4. The summed E-state index contributed by atoms with van der Waals surface area (Å²) in [5, 5.41) is 0.957. The summed E-state index contributed by atoms with van der Waals surface area (Å²) in [5.41, 5.74) is 0.684. The van der Waals surface area contributed by atoms with Crippen molar-refractivity contribution in [1.29, 1.82) is 0 Å². The molecule has 0 atom stereocenters. The Morgan fingerprint density at radius 2 is 1.79 bits per heavy atom. The van der Waals surface area contributed by atoms with Crippen LogP contribution in [0.5, 0.6) is 0 Å². The number of piperidine rings is 1. The van der Waals surface area contributed by atoms with Crippen LogP contribution in [-0.4, -0.2) is 43.3 Å².